The van der Waals surface area contributed by atoms with Crippen LogP contribution in [0.1, 0.15) is 48.0 Å². The minimum atomic E-state index is -0.156. The van der Waals surface area contributed by atoms with Crippen molar-refractivity contribution >= 4 is 5.78 Å². The van der Waals surface area contributed by atoms with E-state index in [0.29, 0.717) is 35.7 Å². The van der Waals surface area contributed by atoms with Gasteiger partial charge in [0.25, 0.3) is 0 Å². The summed E-state index contributed by atoms with van der Waals surface area (Å²) >= 11 is 0. The predicted octanol–water partition coefficient (Wildman–Crippen LogP) is 5.10. The third-order valence-electron chi connectivity index (χ3n) is 7.22. The largest absolute Gasteiger partial charge is 0.497 e. The summed E-state index contributed by atoms with van der Waals surface area (Å²) in [5.74, 6) is 4.43. The van der Waals surface area contributed by atoms with E-state index in [1.807, 2.05) is 18.2 Å². The van der Waals surface area contributed by atoms with Crippen LogP contribution in [0.3, 0.4) is 0 Å². The molecule has 0 radical (unpaired) electrons. The fraction of sp³-hybridized carbons (Fsp3) is 0.500. The van der Waals surface area contributed by atoms with Crippen LogP contribution in [-0.4, -0.2) is 32.7 Å². The first kappa shape index (κ1) is 20.2. The highest BCUT2D eigenvalue weighted by Crippen LogP contribution is 2.47. The normalized spacial score (nSPS) is 26.3. The number of fused-ring (bicyclic) bond motifs is 3. The van der Waals surface area contributed by atoms with Gasteiger partial charge in [-0.2, -0.15) is 0 Å². The summed E-state index contributed by atoms with van der Waals surface area (Å²) in [7, 11) is 3.29. The molecule has 2 saturated carbocycles. The summed E-state index contributed by atoms with van der Waals surface area (Å²) in [6.07, 6.45) is 6.94. The first-order chi connectivity index (χ1) is 15.1. The van der Waals surface area contributed by atoms with Crippen LogP contribution in [0.5, 0.6) is 23.0 Å². The number of hydrogen-bond acceptors (Lipinski definition) is 5. The van der Waals surface area contributed by atoms with E-state index in [1.54, 1.807) is 20.3 Å². The van der Waals surface area contributed by atoms with Gasteiger partial charge in [-0.3, -0.25) is 4.79 Å². The van der Waals surface area contributed by atoms with E-state index >= 15 is 0 Å². The first-order valence-electron chi connectivity index (χ1n) is 11.3. The van der Waals surface area contributed by atoms with Crippen molar-refractivity contribution in [2.24, 2.45) is 17.8 Å². The summed E-state index contributed by atoms with van der Waals surface area (Å²) in [6.45, 7) is 0.419. The first-order valence-corrected chi connectivity index (χ1v) is 11.3. The maximum absolute atomic E-state index is 13.0. The summed E-state index contributed by atoms with van der Waals surface area (Å²) in [4.78, 5) is 13.0. The number of rotatable bonds is 7. The topological polar surface area (TPSA) is 54.0 Å². The van der Waals surface area contributed by atoms with E-state index in [9.17, 15) is 4.79 Å². The van der Waals surface area contributed by atoms with Gasteiger partial charge in [-0.25, -0.2) is 0 Å². The van der Waals surface area contributed by atoms with Crippen molar-refractivity contribution in [2.45, 2.75) is 44.6 Å². The lowest BCUT2D eigenvalue weighted by Crippen LogP contribution is -2.28. The Balaban J connectivity index is 1.26. The summed E-state index contributed by atoms with van der Waals surface area (Å²) in [5.41, 5.74) is 1.77. The van der Waals surface area contributed by atoms with Crippen molar-refractivity contribution in [3.05, 3.63) is 47.5 Å². The average Bonchev–Trinajstić information content (AvgIpc) is 3.42. The molecule has 5 heteroatoms. The van der Waals surface area contributed by atoms with Crippen LogP contribution in [0.15, 0.2) is 36.4 Å². The molecule has 3 aliphatic rings. The van der Waals surface area contributed by atoms with E-state index in [1.165, 1.54) is 19.3 Å². The highest BCUT2D eigenvalue weighted by atomic mass is 16.5. The van der Waals surface area contributed by atoms with Gasteiger partial charge in [0.1, 0.15) is 17.6 Å². The van der Waals surface area contributed by atoms with E-state index in [4.69, 9.17) is 18.9 Å². The van der Waals surface area contributed by atoms with Gasteiger partial charge in [-0.15, -0.1) is 0 Å². The van der Waals surface area contributed by atoms with Crippen LogP contribution >= 0.6 is 0 Å². The Morgan fingerprint density at radius 2 is 1.90 bits per heavy atom. The SMILES string of the molecule is COc1ccc2c(c1)C(=O)C(CCc1ccc(OC)c(OC3CC4CCC3C4)c1)CO2. The van der Waals surface area contributed by atoms with Gasteiger partial charge in [0.2, 0.25) is 0 Å². The Bertz CT molecular complexity index is 968. The molecule has 5 nitrogen and oxygen atoms in total. The molecule has 2 aromatic rings. The van der Waals surface area contributed by atoms with Gasteiger partial charge in [0, 0.05) is 0 Å². The predicted molar refractivity (Wildman–Crippen MR) is 117 cm³/mol. The zero-order valence-electron chi connectivity index (χ0n) is 18.3. The van der Waals surface area contributed by atoms with Crippen LogP contribution < -0.4 is 18.9 Å². The monoisotopic (exact) mass is 422 g/mol. The number of ether oxygens (including phenoxy) is 4. The molecule has 0 amide bonds. The fourth-order valence-electron chi connectivity index (χ4n) is 5.46. The van der Waals surface area contributed by atoms with Gasteiger partial charge in [0.15, 0.2) is 17.3 Å². The fourth-order valence-corrected chi connectivity index (χ4v) is 5.46. The maximum atomic E-state index is 13.0. The van der Waals surface area contributed by atoms with E-state index in [2.05, 4.69) is 12.1 Å². The minimum absolute atomic E-state index is 0.132. The lowest BCUT2D eigenvalue weighted by molar-refractivity contribution is 0.0820. The molecule has 31 heavy (non-hydrogen) atoms. The molecule has 0 spiro atoms. The smallest absolute Gasteiger partial charge is 0.173 e. The second-order valence-electron chi connectivity index (χ2n) is 9.09. The molecule has 2 bridgehead atoms. The van der Waals surface area contributed by atoms with Gasteiger partial charge >= 0.3 is 0 Å². The van der Waals surface area contributed by atoms with Crippen molar-refractivity contribution in [3.8, 4) is 23.0 Å². The van der Waals surface area contributed by atoms with Crippen molar-refractivity contribution in [3.63, 3.8) is 0 Å². The highest BCUT2D eigenvalue weighted by molar-refractivity contribution is 6.01. The molecule has 0 saturated heterocycles. The molecular formula is C26H30O5. The van der Waals surface area contributed by atoms with Crippen molar-refractivity contribution in [2.75, 3.05) is 20.8 Å². The number of carbonyl (C=O) groups excluding carboxylic acids is 1. The number of carbonyl (C=O) groups is 1. The molecule has 1 heterocycles. The molecular weight excluding hydrogens is 392 g/mol. The van der Waals surface area contributed by atoms with Crippen molar-refractivity contribution in [1.82, 2.24) is 0 Å². The summed E-state index contributed by atoms with van der Waals surface area (Å²) in [5, 5.41) is 0. The molecule has 0 aromatic heterocycles. The molecule has 2 fully saturated rings. The highest BCUT2D eigenvalue weighted by Gasteiger charge is 2.41. The van der Waals surface area contributed by atoms with E-state index < -0.39 is 0 Å². The Labute approximate surface area is 183 Å². The lowest BCUT2D eigenvalue weighted by Gasteiger charge is -2.25. The second-order valence-corrected chi connectivity index (χ2v) is 9.09. The van der Waals surface area contributed by atoms with Crippen LogP contribution in [-0.2, 0) is 6.42 Å². The number of ketones is 1. The zero-order valence-corrected chi connectivity index (χ0v) is 18.3. The lowest BCUT2D eigenvalue weighted by atomic mass is 9.90. The zero-order chi connectivity index (χ0) is 21.4. The Morgan fingerprint density at radius 1 is 1.00 bits per heavy atom. The third-order valence-corrected chi connectivity index (χ3v) is 7.22. The average molecular weight is 423 g/mol. The second kappa shape index (κ2) is 8.45. The van der Waals surface area contributed by atoms with E-state index in [0.717, 1.165) is 42.2 Å². The van der Waals surface area contributed by atoms with Crippen LogP contribution in [0, 0.1) is 17.8 Å². The number of methoxy groups -OCH3 is 2. The standard InChI is InChI=1S/C26H30O5/c1-28-20-8-10-22-21(14-20)26(27)19(15-30-22)7-3-16-5-9-23(29-2)25(12-16)31-24-13-17-4-6-18(24)11-17/h5,8-10,12,14,17-19,24H,3-4,6-7,11,13,15H2,1-2H3. The molecule has 4 unspecified atom stereocenters. The number of hydrogen-bond donors (Lipinski definition) is 0. The van der Waals surface area contributed by atoms with Crippen LogP contribution in [0.4, 0.5) is 0 Å². The molecule has 2 aromatic carbocycles. The Hall–Kier alpha value is -2.69. The number of benzene rings is 2. The Kier molecular flexibility index (Phi) is 5.51. The van der Waals surface area contributed by atoms with Gasteiger partial charge in [-0.05, 0) is 86.3 Å². The van der Waals surface area contributed by atoms with Crippen molar-refractivity contribution in [1.29, 1.82) is 0 Å². The molecule has 5 rings (SSSR count). The van der Waals surface area contributed by atoms with E-state index in [-0.39, 0.29) is 11.7 Å². The van der Waals surface area contributed by atoms with Gasteiger partial charge in [0.05, 0.1) is 32.3 Å². The van der Waals surface area contributed by atoms with Crippen molar-refractivity contribution < 1.29 is 23.7 Å². The maximum Gasteiger partial charge on any atom is 0.173 e. The third kappa shape index (κ3) is 3.98. The van der Waals surface area contributed by atoms with Crippen LogP contribution in [0.2, 0.25) is 0 Å². The molecule has 2 aliphatic carbocycles. The summed E-state index contributed by atoms with van der Waals surface area (Å²) in [6, 6.07) is 11.6. The van der Waals surface area contributed by atoms with Crippen LogP contribution in [0.25, 0.3) is 0 Å². The quantitative estimate of drug-likeness (QED) is 0.622. The number of Topliss-reactive ketones (excluding diaryl/α,β-unsaturated/α-hetero) is 1. The van der Waals surface area contributed by atoms with Gasteiger partial charge < -0.3 is 18.9 Å². The van der Waals surface area contributed by atoms with Gasteiger partial charge in [-0.1, -0.05) is 6.07 Å². The summed E-state index contributed by atoms with van der Waals surface area (Å²) < 4.78 is 23.1. The Morgan fingerprint density at radius 3 is 2.65 bits per heavy atom. The minimum Gasteiger partial charge on any atom is -0.497 e. The molecule has 1 aliphatic heterocycles. The number of aryl methyl sites for hydroxylation is 1. The molecule has 4 atom stereocenters. The molecule has 164 valence electrons. The molecule has 0 N–H and O–H groups in total.